The van der Waals surface area contributed by atoms with Crippen LogP contribution in [-0.4, -0.2) is 30.8 Å². The quantitative estimate of drug-likeness (QED) is 0.784. The van der Waals surface area contributed by atoms with Crippen molar-refractivity contribution in [1.29, 1.82) is 0 Å². The molecule has 0 spiro atoms. The van der Waals surface area contributed by atoms with Crippen LogP contribution in [0.4, 0.5) is 20.6 Å². The fourth-order valence-electron chi connectivity index (χ4n) is 1.65. The number of para-hydroxylation sites is 1. The van der Waals surface area contributed by atoms with Crippen LogP contribution in [0.1, 0.15) is 34.1 Å². The first-order chi connectivity index (χ1) is 10.7. The lowest BCUT2D eigenvalue weighted by Gasteiger charge is -2.20. The number of carbonyl (C=O) groups is 2. The Morgan fingerprint density at radius 1 is 1.22 bits per heavy atom. The average molecular weight is 326 g/mol. The summed E-state index contributed by atoms with van der Waals surface area (Å²) in [4.78, 5) is 23.6. The Labute approximate surface area is 135 Å². The Hall–Kier alpha value is -2.15. The topological polar surface area (TPSA) is 76.7 Å². The van der Waals surface area contributed by atoms with Crippen molar-refractivity contribution in [3.8, 4) is 0 Å². The number of benzene rings is 1. The molecule has 0 aliphatic heterocycles. The summed E-state index contributed by atoms with van der Waals surface area (Å²) in [5.74, 6) is -1.17. The van der Waals surface area contributed by atoms with Crippen molar-refractivity contribution in [2.24, 2.45) is 0 Å². The molecule has 2 N–H and O–H groups in total. The molecule has 0 fully saturated rings. The maximum Gasteiger partial charge on any atom is 0.412 e. The minimum Gasteiger partial charge on any atom is -0.444 e. The number of halogens is 1. The van der Waals surface area contributed by atoms with Crippen LogP contribution in [0.15, 0.2) is 18.2 Å². The van der Waals surface area contributed by atoms with Gasteiger partial charge in [-0.1, -0.05) is 13.0 Å². The lowest BCUT2D eigenvalue weighted by Crippen LogP contribution is -2.28. The summed E-state index contributed by atoms with van der Waals surface area (Å²) in [6, 6.07) is 4.07. The highest BCUT2D eigenvalue weighted by atomic mass is 19.1. The summed E-state index contributed by atoms with van der Waals surface area (Å²) in [6.45, 7) is 7.31. The van der Waals surface area contributed by atoms with Crippen LogP contribution < -0.4 is 10.6 Å². The van der Waals surface area contributed by atoms with Gasteiger partial charge in [-0.2, -0.15) is 0 Å². The Balaban J connectivity index is 2.79. The first-order valence-electron chi connectivity index (χ1n) is 7.39. The first kappa shape index (κ1) is 18.9. The van der Waals surface area contributed by atoms with Gasteiger partial charge in [0.1, 0.15) is 23.7 Å². The average Bonchev–Trinajstić information content (AvgIpc) is 2.41. The van der Waals surface area contributed by atoms with E-state index in [0.717, 1.165) is 6.42 Å². The van der Waals surface area contributed by atoms with E-state index in [2.05, 4.69) is 10.6 Å². The third-order valence-corrected chi connectivity index (χ3v) is 2.50. The van der Waals surface area contributed by atoms with Gasteiger partial charge in [-0.25, -0.2) is 9.18 Å². The van der Waals surface area contributed by atoms with Crippen LogP contribution in [0.2, 0.25) is 0 Å². The van der Waals surface area contributed by atoms with Gasteiger partial charge >= 0.3 is 6.09 Å². The maximum atomic E-state index is 13.9. The van der Waals surface area contributed by atoms with Gasteiger partial charge in [0.05, 0.1) is 5.69 Å². The van der Waals surface area contributed by atoms with Crippen molar-refractivity contribution in [1.82, 2.24) is 0 Å². The van der Waals surface area contributed by atoms with E-state index >= 15 is 0 Å². The maximum absolute atomic E-state index is 13.9. The summed E-state index contributed by atoms with van der Waals surface area (Å²) >= 11 is 0. The zero-order valence-corrected chi connectivity index (χ0v) is 13.9. The number of hydrogen-bond acceptors (Lipinski definition) is 4. The highest BCUT2D eigenvalue weighted by Gasteiger charge is 2.19. The van der Waals surface area contributed by atoms with Gasteiger partial charge in [0, 0.05) is 6.61 Å². The number of amides is 2. The second-order valence-electron chi connectivity index (χ2n) is 5.89. The molecule has 0 heterocycles. The molecule has 23 heavy (non-hydrogen) atoms. The second-order valence-corrected chi connectivity index (χ2v) is 5.89. The lowest BCUT2D eigenvalue weighted by molar-refractivity contribution is -0.120. The Morgan fingerprint density at radius 3 is 2.52 bits per heavy atom. The number of carbonyl (C=O) groups excluding carboxylic acids is 2. The molecule has 1 rings (SSSR count). The zero-order chi connectivity index (χ0) is 17.5. The van der Waals surface area contributed by atoms with Gasteiger partial charge in [0.15, 0.2) is 0 Å². The van der Waals surface area contributed by atoms with E-state index in [4.69, 9.17) is 9.47 Å². The number of ether oxygens (including phenoxy) is 2. The lowest BCUT2D eigenvalue weighted by atomic mass is 10.2. The van der Waals surface area contributed by atoms with Gasteiger partial charge in [-0.05, 0) is 39.3 Å². The van der Waals surface area contributed by atoms with E-state index in [9.17, 15) is 14.0 Å². The van der Waals surface area contributed by atoms with Crippen LogP contribution in [0.25, 0.3) is 0 Å². The molecule has 0 aromatic heterocycles. The summed E-state index contributed by atoms with van der Waals surface area (Å²) < 4.78 is 24.1. The van der Waals surface area contributed by atoms with Crippen LogP contribution >= 0.6 is 0 Å². The molecule has 2 amide bonds. The molecule has 0 aliphatic carbocycles. The molecule has 0 unspecified atom stereocenters. The molecule has 0 aliphatic rings. The fourth-order valence-corrected chi connectivity index (χ4v) is 1.65. The van der Waals surface area contributed by atoms with Crippen molar-refractivity contribution in [2.45, 2.75) is 39.7 Å². The molecule has 0 atom stereocenters. The van der Waals surface area contributed by atoms with Crippen LogP contribution in [0, 0.1) is 5.82 Å². The van der Waals surface area contributed by atoms with Crippen LogP contribution in [0.3, 0.4) is 0 Å². The van der Waals surface area contributed by atoms with Crippen LogP contribution in [-0.2, 0) is 14.3 Å². The number of nitrogens with one attached hydrogen (secondary N) is 2. The molecule has 6 nitrogen and oxygen atoms in total. The fraction of sp³-hybridized carbons (Fsp3) is 0.500. The summed E-state index contributed by atoms with van der Waals surface area (Å²) in [6.07, 6.45) is 0.0409. The van der Waals surface area contributed by atoms with E-state index in [-0.39, 0.29) is 18.0 Å². The summed E-state index contributed by atoms with van der Waals surface area (Å²) in [7, 11) is 0. The smallest absolute Gasteiger partial charge is 0.412 e. The van der Waals surface area contributed by atoms with Gasteiger partial charge in [0.2, 0.25) is 0 Å². The van der Waals surface area contributed by atoms with Crippen molar-refractivity contribution >= 4 is 23.4 Å². The minimum atomic E-state index is -0.735. The van der Waals surface area contributed by atoms with Gasteiger partial charge in [-0.15, -0.1) is 0 Å². The molecule has 7 heteroatoms. The second kappa shape index (κ2) is 8.47. The largest absolute Gasteiger partial charge is 0.444 e. The summed E-state index contributed by atoms with van der Waals surface area (Å²) in [5.41, 5.74) is -0.694. The van der Waals surface area contributed by atoms with E-state index in [1.165, 1.54) is 18.2 Å². The van der Waals surface area contributed by atoms with E-state index in [1.54, 1.807) is 20.8 Å². The standard InChI is InChI=1S/C16H23FN2O4/c1-5-9-22-10-13(20)19-14-11(17)7-6-8-12(14)18-15(21)23-16(2,3)4/h6-8H,5,9-10H2,1-4H3,(H,18,21)(H,19,20). The minimum absolute atomic E-state index is 0.114. The SMILES string of the molecule is CCCOCC(=O)Nc1c(F)cccc1NC(=O)OC(C)(C)C. The highest BCUT2D eigenvalue weighted by Crippen LogP contribution is 2.25. The van der Waals surface area contributed by atoms with Crippen molar-refractivity contribution in [3.05, 3.63) is 24.0 Å². The first-order valence-corrected chi connectivity index (χ1v) is 7.39. The zero-order valence-electron chi connectivity index (χ0n) is 13.9. The molecule has 0 radical (unpaired) electrons. The van der Waals surface area contributed by atoms with Crippen LogP contribution in [0.5, 0.6) is 0 Å². The van der Waals surface area contributed by atoms with Crippen molar-refractivity contribution in [2.75, 3.05) is 23.8 Å². The molecule has 0 saturated heterocycles. The van der Waals surface area contributed by atoms with Gasteiger partial charge in [-0.3, -0.25) is 10.1 Å². The number of anilines is 2. The highest BCUT2D eigenvalue weighted by molar-refractivity contribution is 5.98. The molecule has 1 aromatic carbocycles. The number of rotatable bonds is 6. The van der Waals surface area contributed by atoms with Gasteiger partial charge < -0.3 is 14.8 Å². The molecular weight excluding hydrogens is 303 g/mol. The summed E-state index contributed by atoms with van der Waals surface area (Å²) in [5, 5.41) is 4.82. The third-order valence-electron chi connectivity index (χ3n) is 2.50. The normalized spacial score (nSPS) is 11.0. The van der Waals surface area contributed by atoms with Gasteiger partial charge in [0.25, 0.3) is 5.91 Å². The predicted octanol–water partition coefficient (Wildman–Crippen LogP) is 3.54. The van der Waals surface area contributed by atoms with E-state index < -0.39 is 23.4 Å². The molecule has 0 saturated carbocycles. The Morgan fingerprint density at radius 2 is 1.91 bits per heavy atom. The third kappa shape index (κ3) is 7.10. The van der Waals surface area contributed by atoms with E-state index in [1.807, 2.05) is 6.92 Å². The molecule has 128 valence electrons. The monoisotopic (exact) mass is 326 g/mol. The van der Waals surface area contributed by atoms with E-state index in [0.29, 0.717) is 6.61 Å². The predicted molar refractivity (Wildman–Crippen MR) is 86.0 cm³/mol. The number of hydrogen-bond donors (Lipinski definition) is 2. The van der Waals surface area contributed by atoms with Crippen molar-refractivity contribution in [3.63, 3.8) is 0 Å². The Bertz CT molecular complexity index is 556. The molecular formula is C16H23FN2O4. The molecule has 1 aromatic rings. The molecule has 0 bridgehead atoms. The van der Waals surface area contributed by atoms with Crippen molar-refractivity contribution < 1.29 is 23.5 Å². The Kier molecular flexibility index (Phi) is 6.96.